The number of aryl methyl sites for hydroxylation is 1. The summed E-state index contributed by atoms with van der Waals surface area (Å²) in [5.74, 6) is 1.37. The molecule has 2 atom stereocenters. The van der Waals surface area contributed by atoms with E-state index in [1.165, 1.54) is 41.1 Å². The minimum Gasteiger partial charge on any atom is -0.616 e. The molecule has 0 bridgehead atoms. The zero-order valence-corrected chi connectivity index (χ0v) is 21.4. The number of thiazole rings is 1. The summed E-state index contributed by atoms with van der Waals surface area (Å²) in [5, 5.41) is 16.0. The summed E-state index contributed by atoms with van der Waals surface area (Å²) in [6, 6.07) is 3.18. The van der Waals surface area contributed by atoms with E-state index in [9.17, 15) is 4.55 Å². The van der Waals surface area contributed by atoms with E-state index in [0.717, 1.165) is 36.5 Å². The number of allylic oxidation sites excluding steroid dienone is 3. The normalized spacial score (nSPS) is 26.8. The number of aromatic nitrogens is 3. The van der Waals surface area contributed by atoms with Crippen LogP contribution in [0.15, 0.2) is 30.1 Å². The molecule has 0 spiro atoms. The molecule has 2 aromatic rings. The van der Waals surface area contributed by atoms with Gasteiger partial charge >= 0.3 is 0 Å². The Balaban J connectivity index is 1.31. The molecule has 8 heteroatoms. The molecule has 178 valence electrons. The maximum absolute atomic E-state index is 13.3. The van der Waals surface area contributed by atoms with Crippen LogP contribution in [0.2, 0.25) is 0 Å². The molecule has 0 aromatic carbocycles. The van der Waals surface area contributed by atoms with Crippen molar-refractivity contribution >= 4 is 33.9 Å². The maximum Gasteiger partial charge on any atom is 0.152 e. The van der Waals surface area contributed by atoms with Crippen molar-refractivity contribution in [3.8, 4) is 0 Å². The first kappa shape index (κ1) is 23.1. The summed E-state index contributed by atoms with van der Waals surface area (Å²) in [6.45, 7) is 6.44. The number of nitrogens with zero attached hydrogens (tertiary/aromatic N) is 2. The van der Waals surface area contributed by atoms with Gasteiger partial charge in [0.1, 0.15) is 10.5 Å². The van der Waals surface area contributed by atoms with Crippen LogP contribution in [0.5, 0.6) is 0 Å². The summed E-state index contributed by atoms with van der Waals surface area (Å²) in [5.41, 5.74) is 3.29. The lowest BCUT2D eigenvalue weighted by Gasteiger charge is -2.29. The fourth-order valence-electron chi connectivity index (χ4n) is 4.98. The molecule has 2 unspecified atom stereocenters. The standard InChI is InChI=1S/C25H35N5OS2/c1-15(2)27-18-6-4-17(5-7-18)25-26-14-22(32-25)21-11-8-19(28-24-12-16(3)29-30-24)13-23(21)33(31)20-9-10-20/h8,11-12,14-15,17-18,20,23,27H,4-7,9-10,13H2,1-3H3,(H2,28,29,30). The lowest BCUT2D eigenvalue weighted by Crippen LogP contribution is -2.37. The van der Waals surface area contributed by atoms with Crippen molar-refractivity contribution in [3.63, 3.8) is 0 Å². The summed E-state index contributed by atoms with van der Waals surface area (Å²) in [4.78, 5) is 6.04. The van der Waals surface area contributed by atoms with Gasteiger partial charge in [0.25, 0.3) is 0 Å². The molecule has 2 fully saturated rings. The molecule has 0 saturated heterocycles. The van der Waals surface area contributed by atoms with Crippen LogP contribution in [0.3, 0.4) is 0 Å². The lowest BCUT2D eigenvalue weighted by molar-refractivity contribution is 0.325. The van der Waals surface area contributed by atoms with Crippen LogP contribution in [0.25, 0.3) is 5.57 Å². The van der Waals surface area contributed by atoms with Gasteiger partial charge in [0.15, 0.2) is 5.82 Å². The molecular weight excluding hydrogens is 450 g/mol. The van der Waals surface area contributed by atoms with Gasteiger partial charge in [-0.25, -0.2) is 4.98 Å². The molecule has 2 saturated carbocycles. The zero-order chi connectivity index (χ0) is 22.9. The van der Waals surface area contributed by atoms with E-state index in [0.29, 0.717) is 23.3 Å². The molecule has 3 aliphatic carbocycles. The number of aromatic amines is 1. The molecule has 3 aliphatic rings. The summed E-state index contributed by atoms with van der Waals surface area (Å²) in [6.07, 6.45) is 14.1. The molecule has 0 aliphatic heterocycles. The van der Waals surface area contributed by atoms with Crippen LogP contribution in [-0.2, 0) is 11.2 Å². The Morgan fingerprint density at radius 2 is 1.94 bits per heavy atom. The number of rotatable bonds is 8. The number of H-pyrrole nitrogens is 1. The third kappa shape index (κ3) is 5.56. The smallest absolute Gasteiger partial charge is 0.152 e. The molecule has 5 rings (SSSR count). The Hall–Kier alpha value is -1.61. The fourth-order valence-corrected chi connectivity index (χ4v) is 8.09. The average molecular weight is 486 g/mol. The minimum atomic E-state index is -0.864. The monoisotopic (exact) mass is 485 g/mol. The summed E-state index contributed by atoms with van der Waals surface area (Å²) < 4.78 is 13.3. The van der Waals surface area contributed by atoms with E-state index in [-0.39, 0.29) is 5.25 Å². The Morgan fingerprint density at radius 3 is 2.61 bits per heavy atom. The van der Waals surface area contributed by atoms with Gasteiger partial charge in [0, 0.05) is 53.6 Å². The second-order valence-corrected chi connectivity index (χ2v) is 13.0. The van der Waals surface area contributed by atoms with Crippen LogP contribution in [0.1, 0.15) is 80.3 Å². The van der Waals surface area contributed by atoms with E-state index in [1.54, 1.807) is 0 Å². The van der Waals surface area contributed by atoms with Gasteiger partial charge in [-0.2, -0.15) is 5.10 Å². The van der Waals surface area contributed by atoms with Crippen molar-refractivity contribution in [1.29, 1.82) is 0 Å². The molecule has 3 N–H and O–H groups in total. The molecule has 0 amide bonds. The van der Waals surface area contributed by atoms with Gasteiger partial charge in [-0.1, -0.05) is 19.9 Å². The van der Waals surface area contributed by atoms with Gasteiger partial charge in [-0.15, -0.1) is 11.3 Å². The van der Waals surface area contributed by atoms with Crippen LogP contribution in [0.4, 0.5) is 5.82 Å². The third-order valence-corrected chi connectivity index (χ3v) is 10.1. The first-order chi connectivity index (χ1) is 16.0. The Kier molecular flexibility index (Phi) is 6.97. The predicted octanol–water partition coefficient (Wildman–Crippen LogP) is 5.26. The topological polar surface area (TPSA) is 88.7 Å². The molecule has 33 heavy (non-hydrogen) atoms. The van der Waals surface area contributed by atoms with Gasteiger partial charge in [0.05, 0.1) is 9.88 Å². The Bertz CT molecular complexity index is 1010. The highest BCUT2D eigenvalue weighted by atomic mass is 32.2. The summed E-state index contributed by atoms with van der Waals surface area (Å²) >= 11 is 0.958. The Labute approximate surface area is 203 Å². The van der Waals surface area contributed by atoms with E-state index in [4.69, 9.17) is 4.98 Å². The second-order valence-electron chi connectivity index (χ2n) is 10.0. The van der Waals surface area contributed by atoms with E-state index >= 15 is 0 Å². The van der Waals surface area contributed by atoms with E-state index in [2.05, 4.69) is 46.8 Å². The molecule has 2 aromatic heterocycles. The van der Waals surface area contributed by atoms with E-state index < -0.39 is 11.2 Å². The first-order valence-electron chi connectivity index (χ1n) is 12.3. The van der Waals surface area contributed by atoms with Gasteiger partial charge < -0.3 is 15.2 Å². The van der Waals surface area contributed by atoms with Crippen molar-refractivity contribution in [2.24, 2.45) is 0 Å². The predicted molar refractivity (Wildman–Crippen MR) is 138 cm³/mol. The molecule has 6 nitrogen and oxygen atoms in total. The van der Waals surface area contributed by atoms with Crippen molar-refractivity contribution < 1.29 is 4.55 Å². The summed E-state index contributed by atoms with van der Waals surface area (Å²) in [7, 11) is 0. The van der Waals surface area contributed by atoms with Crippen LogP contribution < -0.4 is 10.6 Å². The molecular formula is C25H35N5OS2. The van der Waals surface area contributed by atoms with Crippen molar-refractivity contribution in [3.05, 3.63) is 45.7 Å². The highest BCUT2D eigenvalue weighted by Crippen LogP contribution is 2.43. The molecule has 0 radical (unpaired) electrons. The largest absolute Gasteiger partial charge is 0.616 e. The zero-order valence-electron chi connectivity index (χ0n) is 19.8. The van der Waals surface area contributed by atoms with Gasteiger partial charge in [0.2, 0.25) is 0 Å². The maximum atomic E-state index is 13.3. The fraction of sp³-hybridized carbons (Fsp3) is 0.600. The number of anilines is 1. The SMILES string of the molecule is Cc1cc(NC2=CC=C(c3cnc(C4CCC(NC(C)C)CC4)s3)C([S+]([O-])C3CC3)C2)n[nH]1. The van der Waals surface area contributed by atoms with E-state index in [1.807, 2.05) is 30.5 Å². The van der Waals surface area contributed by atoms with Crippen LogP contribution in [-0.4, -0.2) is 42.3 Å². The number of hydrogen-bond donors (Lipinski definition) is 3. The Morgan fingerprint density at radius 1 is 1.15 bits per heavy atom. The highest BCUT2D eigenvalue weighted by molar-refractivity contribution is 7.93. The first-order valence-corrected chi connectivity index (χ1v) is 14.4. The van der Waals surface area contributed by atoms with Crippen molar-refractivity contribution in [1.82, 2.24) is 20.5 Å². The third-order valence-electron chi connectivity index (χ3n) is 6.80. The number of hydrogen-bond acceptors (Lipinski definition) is 6. The van der Waals surface area contributed by atoms with Gasteiger partial charge in [-0.05, 0) is 62.7 Å². The second kappa shape index (κ2) is 9.94. The van der Waals surface area contributed by atoms with Crippen LogP contribution in [0, 0.1) is 6.92 Å². The lowest BCUT2D eigenvalue weighted by atomic mass is 9.86. The number of nitrogens with one attached hydrogen (secondary N) is 3. The van der Waals surface area contributed by atoms with Crippen LogP contribution >= 0.6 is 11.3 Å². The van der Waals surface area contributed by atoms with Crippen molar-refractivity contribution in [2.45, 2.75) is 94.2 Å². The quantitative estimate of drug-likeness (QED) is 0.444. The van der Waals surface area contributed by atoms with Crippen molar-refractivity contribution in [2.75, 3.05) is 5.32 Å². The highest BCUT2D eigenvalue weighted by Gasteiger charge is 2.42. The van der Waals surface area contributed by atoms with Gasteiger partial charge in [-0.3, -0.25) is 5.10 Å². The minimum absolute atomic E-state index is 0.0179. The molecule has 2 heterocycles. The average Bonchev–Trinajstić information content (AvgIpc) is 3.39.